The Bertz CT molecular complexity index is 2440. The van der Waals surface area contributed by atoms with Crippen LogP contribution in [0.3, 0.4) is 0 Å². The van der Waals surface area contributed by atoms with E-state index in [0.29, 0.717) is 31.5 Å². The molecular weight excluding hydrogens is 1010 g/mol. The number of nitrogens with one attached hydrogen (secondary N) is 1. The number of aliphatic hydroxyl groups excluding tert-OH is 2. The van der Waals surface area contributed by atoms with Crippen molar-refractivity contribution < 1.29 is 57.3 Å². The average molecular weight is 1100 g/mol. The third-order valence-electron chi connectivity index (χ3n) is 17.0. The van der Waals surface area contributed by atoms with Crippen molar-refractivity contribution in [2.24, 2.45) is 23.7 Å². The molecule has 22 heteroatoms. The third kappa shape index (κ3) is 16.1. The van der Waals surface area contributed by atoms with Crippen molar-refractivity contribution in [2.75, 3.05) is 40.6 Å². The normalized spacial score (nSPS) is 36.6. The van der Waals surface area contributed by atoms with E-state index < -0.39 is 99.5 Å². The number of sulfonamides is 1. The van der Waals surface area contributed by atoms with Gasteiger partial charge in [0.2, 0.25) is 10.0 Å². The minimum absolute atomic E-state index is 0.0728. The van der Waals surface area contributed by atoms with Gasteiger partial charge in [0, 0.05) is 70.2 Å². The number of esters is 1. The number of benzene rings is 1. The van der Waals surface area contributed by atoms with Crippen molar-refractivity contribution in [1.82, 2.24) is 44.5 Å². The molecule has 3 aliphatic rings. The van der Waals surface area contributed by atoms with Crippen LogP contribution in [-0.2, 0) is 64.4 Å². The molecule has 0 spiro atoms. The second-order valence-electron chi connectivity index (χ2n) is 23.8. The summed E-state index contributed by atoms with van der Waals surface area (Å²) in [5.41, 5.74) is -0.819. The number of hydrogen-bond donors (Lipinski definition) is 5. The maximum atomic E-state index is 14.6. The fourth-order valence-corrected chi connectivity index (χ4v) is 12.7. The van der Waals surface area contributed by atoms with Crippen LogP contribution in [0.4, 0.5) is 0 Å². The Kier molecular flexibility index (Phi) is 21.5. The maximum absolute atomic E-state index is 14.6. The summed E-state index contributed by atoms with van der Waals surface area (Å²) in [7, 11) is 2.21. The van der Waals surface area contributed by atoms with E-state index in [4.69, 9.17) is 23.7 Å². The summed E-state index contributed by atoms with van der Waals surface area (Å²) in [5.74, 6) is -2.76. The summed E-state index contributed by atoms with van der Waals surface area (Å²) in [6.07, 6.45) is 4.06. The number of aliphatic hydroxyl groups is 4. The van der Waals surface area contributed by atoms with Gasteiger partial charge in [-0.05, 0) is 124 Å². The number of hydrogen-bond acceptors (Lipinski definition) is 18. The molecule has 0 amide bonds. The second kappa shape index (κ2) is 26.4. The second-order valence-corrected chi connectivity index (χ2v) is 25.6. The molecule has 5 heterocycles. The monoisotopic (exact) mass is 1100 g/mol. The average Bonchev–Trinajstić information content (AvgIpc) is 4.05. The van der Waals surface area contributed by atoms with E-state index >= 15 is 0 Å². The smallest absolute Gasteiger partial charge is 0.309 e. The first-order chi connectivity index (χ1) is 36.0. The Labute approximate surface area is 457 Å². The van der Waals surface area contributed by atoms with Crippen LogP contribution in [-0.4, -0.2) is 193 Å². The Morgan fingerprint density at radius 1 is 0.909 bits per heavy atom. The van der Waals surface area contributed by atoms with Crippen molar-refractivity contribution >= 4 is 16.0 Å². The summed E-state index contributed by atoms with van der Waals surface area (Å²) in [5, 5.41) is 65.0. The van der Waals surface area contributed by atoms with E-state index in [1.54, 1.807) is 38.8 Å². The van der Waals surface area contributed by atoms with Gasteiger partial charge in [-0.25, -0.2) is 17.8 Å². The SMILES string of the molecule is CC[C@H]1OC(=O)[C@H](C)[C@@H](C2C[C@@](C)(OC)[C@@H](O)[C@H](C)O2)[C@H](C)[C@@H](O[C@H]2C[C@@H](N(C)CCc3cn(CCCCc4ccc(-n5cc(CNS(C)(=O)=O)nn5)cc4)nn3)C[C@@H](C)O2)[C@](C)(O)C[C@@H](C)CN(C)[C@H](C)[C@@H](O)[C@]1(C)O. The van der Waals surface area contributed by atoms with Crippen molar-refractivity contribution in [2.45, 2.75) is 218 Å². The topological polar surface area (TPSA) is 258 Å². The van der Waals surface area contributed by atoms with Gasteiger partial charge in [-0.1, -0.05) is 50.3 Å². The summed E-state index contributed by atoms with van der Waals surface area (Å²) in [4.78, 5) is 18.9. The number of cyclic esters (lactones) is 1. The van der Waals surface area contributed by atoms with Crippen LogP contribution in [0.1, 0.15) is 131 Å². The molecule has 17 atom stereocenters. The van der Waals surface area contributed by atoms with E-state index in [1.807, 2.05) is 69.6 Å². The lowest BCUT2D eigenvalue weighted by atomic mass is 9.68. The van der Waals surface area contributed by atoms with Gasteiger partial charge in [0.25, 0.3) is 0 Å². The van der Waals surface area contributed by atoms with Crippen molar-refractivity contribution in [3.8, 4) is 5.69 Å². The molecule has 3 fully saturated rings. The zero-order valence-corrected chi connectivity index (χ0v) is 49.1. The van der Waals surface area contributed by atoms with Gasteiger partial charge in [-0.15, -0.1) is 10.2 Å². The quantitative estimate of drug-likeness (QED) is 0.0889. The molecule has 0 aliphatic carbocycles. The van der Waals surface area contributed by atoms with Crippen LogP contribution in [0.2, 0.25) is 0 Å². The van der Waals surface area contributed by atoms with Crippen LogP contribution < -0.4 is 4.72 Å². The highest BCUT2D eigenvalue weighted by Gasteiger charge is 2.54. The Morgan fingerprint density at radius 3 is 2.26 bits per heavy atom. The Hall–Kier alpha value is -3.52. The molecule has 77 heavy (non-hydrogen) atoms. The summed E-state index contributed by atoms with van der Waals surface area (Å²) >= 11 is 0. The van der Waals surface area contributed by atoms with Gasteiger partial charge in [0.15, 0.2) is 6.29 Å². The van der Waals surface area contributed by atoms with E-state index in [-0.39, 0.29) is 37.5 Å². The molecule has 6 rings (SSSR count). The van der Waals surface area contributed by atoms with Crippen LogP contribution in [0, 0.1) is 23.7 Å². The molecule has 21 nitrogen and oxygen atoms in total. The fourth-order valence-electron chi connectivity index (χ4n) is 12.3. The minimum Gasteiger partial charge on any atom is -0.459 e. The minimum atomic E-state index is -3.33. The highest BCUT2D eigenvalue weighted by atomic mass is 32.2. The number of aryl methyl sites for hydroxylation is 2. The van der Waals surface area contributed by atoms with E-state index in [1.165, 1.54) is 12.5 Å². The Morgan fingerprint density at radius 2 is 1.60 bits per heavy atom. The van der Waals surface area contributed by atoms with Gasteiger partial charge in [0.05, 0.1) is 77.6 Å². The van der Waals surface area contributed by atoms with E-state index in [0.717, 1.165) is 56.4 Å². The number of carbonyl (C=O) groups excluding carboxylic acids is 1. The molecule has 0 radical (unpaired) electrons. The lowest BCUT2D eigenvalue weighted by Gasteiger charge is -2.51. The lowest BCUT2D eigenvalue weighted by molar-refractivity contribution is -0.275. The molecule has 1 aromatic carbocycles. The third-order valence-corrected chi connectivity index (χ3v) is 17.7. The number of aromatic nitrogens is 6. The molecule has 3 aliphatic heterocycles. The zero-order valence-electron chi connectivity index (χ0n) is 48.3. The first-order valence-corrected chi connectivity index (χ1v) is 29.7. The fraction of sp³-hybridized carbons (Fsp3) is 0.800. The number of rotatable bonds is 18. The first-order valence-electron chi connectivity index (χ1n) is 27.8. The summed E-state index contributed by atoms with van der Waals surface area (Å²) in [6, 6.07) is 7.62. The molecule has 3 saturated heterocycles. The molecule has 3 aromatic rings. The number of unbranched alkanes of at least 4 members (excludes halogenated alkanes) is 1. The largest absolute Gasteiger partial charge is 0.459 e. The molecule has 5 N–H and O–H groups in total. The van der Waals surface area contributed by atoms with E-state index in [2.05, 4.69) is 56.4 Å². The number of likely N-dealkylation sites (N-methyl/N-ethyl adjacent to an activating group) is 2. The van der Waals surface area contributed by atoms with Crippen LogP contribution in [0.5, 0.6) is 0 Å². The highest BCUT2D eigenvalue weighted by Crippen LogP contribution is 2.45. The van der Waals surface area contributed by atoms with Crippen LogP contribution >= 0.6 is 0 Å². The van der Waals surface area contributed by atoms with Crippen LogP contribution in [0.25, 0.3) is 5.69 Å². The standard InChI is InChI=1S/C55H93N9O12S/c1-15-46-55(10,69)49(65)38(6)62(12)31-34(2)28-53(8,68)51(36(4)48(37(5)52(67)75-46)45-29-54(9,72-13)50(66)39(7)74-45)76-47-27-44(26-35(3)73-47)61(11)25-23-41-32-63(59-57-41)24-17-16-18-40-19-21-43(22-20-40)64-33-42(58-60-64)30-56-77(14,70)71/h19-22,32-39,44-51,56,65-66,68-69H,15-18,23-31H2,1-14H3/t34-,35-,36+,37-,38-,39+,44+,45?,46-,47+,48+,49-,50+,51-,53-,54-,55-/m1/s1. The summed E-state index contributed by atoms with van der Waals surface area (Å²) in [6.45, 7) is 20.5. The van der Waals surface area contributed by atoms with E-state index in [9.17, 15) is 33.6 Å². The lowest BCUT2D eigenvalue weighted by Crippen LogP contribution is -2.61. The number of nitrogens with zero attached hydrogens (tertiary/aromatic N) is 8. The molecule has 2 aromatic heterocycles. The maximum Gasteiger partial charge on any atom is 0.309 e. The molecule has 0 saturated carbocycles. The summed E-state index contributed by atoms with van der Waals surface area (Å²) < 4.78 is 61.4. The highest BCUT2D eigenvalue weighted by molar-refractivity contribution is 7.88. The number of carbonyl (C=O) groups is 1. The van der Waals surface area contributed by atoms with Crippen molar-refractivity contribution in [3.63, 3.8) is 0 Å². The van der Waals surface area contributed by atoms with Gasteiger partial charge >= 0.3 is 5.97 Å². The van der Waals surface area contributed by atoms with Crippen molar-refractivity contribution in [1.29, 1.82) is 0 Å². The van der Waals surface area contributed by atoms with Gasteiger partial charge < -0.3 is 53.9 Å². The van der Waals surface area contributed by atoms with Gasteiger partial charge in [-0.3, -0.25) is 9.48 Å². The predicted octanol–water partition coefficient (Wildman–Crippen LogP) is 4.06. The predicted molar refractivity (Wildman–Crippen MR) is 290 cm³/mol. The molecule has 436 valence electrons. The zero-order chi connectivity index (χ0) is 56.8. The van der Waals surface area contributed by atoms with Gasteiger partial charge in [-0.2, -0.15) is 0 Å². The molecular formula is C55H93N9O12S. The molecule has 1 unspecified atom stereocenters. The number of ether oxygens (including phenoxy) is 5. The first kappa shape index (κ1) is 62.7. The molecule has 0 bridgehead atoms. The van der Waals surface area contributed by atoms with Crippen molar-refractivity contribution in [3.05, 3.63) is 53.6 Å². The van der Waals surface area contributed by atoms with Crippen LogP contribution in [0.15, 0.2) is 36.7 Å². The van der Waals surface area contributed by atoms with Gasteiger partial charge in [0.1, 0.15) is 23.9 Å². The Balaban J connectivity index is 1.13. The number of methoxy groups -OCH3 is 1.